The van der Waals surface area contributed by atoms with Crippen LogP contribution in [-0.4, -0.2) is 9.55 Å². The molecule has 98 valence electrons. The van der Waals surface area contributed by atoms with Crippen molar-refractivity contribution in [2.24, 2.45) is 0 Å². The summed E-state index contributed by atoms with van der Waals surface area (Å²) in [5.41, 5.74) is 3.74. The highest BCUT2D eigenvalue weighted by atomic mass is 32.1. The van der Waals surface area contributed by atoms with E-state index in [4.69, 9.17) is 17.5 Å². The number of aromatic amines is 1. The normalized spacial score (nSPS) is 12.2. The predicted molar refractivity (Wildman–Crippen MR) is 82.1 cm³/mol. The number of nitriles is 1. The Morgan fingerprint density at radius 2 is 1.95 bits per heavy atom. The molecule has 1 unspecified atom stereocenters. The fraction of sp³-hybridized carbons (Fsp3) is 0.125. The van der Waals surface area contributed by atoms with Gasteiger partial charge in [0.1, 0.15) is 0 Å². The van der Waals surface area contributed by atoms with Crippen LogP contribution >= 0.6 is 12.2 Å². The molecule has 0 spiro atoms. The first-order valence-electron chi connectivity index (χ1n) is 6.40. The van der Waals surface area contributed by atoms with Gasteiger partial charge in [-0.3, -0.25) is 0 Å². The van der Waals surface area contributed by atoms with Gasteiger partial charge in [-0.1, -0.05) is 30.3 Å². The van der Waals surface area contributed by atoms with Crippen LogP contribution in [0.1, 0.15) is 24.1 Å². The molecule has 0 fully saturated rings. The molecule has 0 aliphatic rings. The maximum atomic E-state index is 9.05. The van der Waals surface area contributed by atoms with Crippen molar-refractivity contribution in [3.05, 3.63) is 64.4 Å². The number of nitrogens with zero attached hydrogens (tertiary/aromatic N) is 2. The number of fused-ring (bicyclic) bond motifs is 1. The van der Waals surface area contributed by atoms with Gasteiger partial charge in [0.25, 0.3) is 0 Å². The van der Waals surface area contributed by atoms with Crippen LogP contribution in [0.5, 0.6) is 0 Å². The zero-order chi connectivity index (χ0) is 14.1. The molecule has 0 saturated carbocycles. The van der Waals surface area contributed by atoms with Gasteiger partial charge >= 0.3 is 0 Å². The van der Waals surface area contributed by atoms with Crippen LogP contribution in [0.2, 0.25) is 0 Å². The molecule has 0 aliphatic carbocycles. The summed E-state index contributed by atoms with van der Waals surface area (Å²) < 4.78 is 2.73. The Bertz CT molecular complexity index is 853. The predicted octanol–water partition coefficient (Wildman–Crippen LogP) is 4.18. The molecule has 2 aromatic carbocycles. The van der Waals surface area contributed by atoms with E-state index in [0.29, 0.717) is 10.3 Å². The summed E-state index contributed by atoms with van der Waals surface area (Å²) in [7, 11) is 0. The topological polar surface area (TPSA) is 44.5 Å². The second-order valence-corrected chi connectivity index (χ2v) is 5.12. The Labute approximate surface area is 122 Å². The Morgan fingerprint density at radius 3 is 2.65 bits per heavy atom. The minimum Gasteiger partial charge on any atom is -0.331 e. The molecule has 1 N–H and O–H groups in total. The molecule has 0 amide bonds. The molecule has 3 nitrogen and oxygen atoms in total. The number of rotatable bonds is 2. The summed E-state index contributed by atoms with van der Waals surface area (Å²) in [6, 6.07) is 18.1. The molecule has 0 bridgehead atoms. The zero-order valence-electron chi connectivity index (χ0n) is 11.0. The van der Waals surface area contributed by atoms with Crippen LogP contribution in [-0.2, 0) is 0 Å². The van der Waals surface area contributed by atoms with E-state index in [1.54, 1.807) is 6.07 Å². The number of benzene rings is 2. The average Bonchev–Trinajstić information content (AvgIpc) is 2.82. The third-order valence-corrected chi connectivity index (χ3v) is 3.81. The largest absolute Gasteiger partial charge is 0.331 e. The fourth-order valence-corrected chi connectivity index (χ4v) is 2.82. The summed E-state index contributed by atoms with van der Waals surface area (Å²) in [5.74, 6) is 0. The number of hydrogen-bond donors (Lipinski definition) is 1. The van der Waals surface area contributed by atoms with Crippen LogP contribution < -0.4 is 0 Å². The third kappa shape index (κ3) is 2.02. The Hall–Kier alpha value is -2.38. The lowest BCUT2D eigenvalue weighted by atomic mass is 10.1. The van der Waals surface area contributed by atoms with E-state index in [-0.39, 0.29) is 6.04 Å². The van der Waals surface area contributed by atoms with Crippen LogP contribution in [0.4, 0.5) is 0 Å². The molecule has 1 aromatic heterocycles. The van der Waals surface area contributed by atoms with Crippen LogP contribution in [0, 0.1) is 16.1 Å². The lowest BCUT2D eigenvalue weighted by molar-refractivity contribution is 0.649. The van der Waals surface area contributed by atoms with Gasteiger partial charge in [0.2, 0.25) is 0 Å². The molecule has 20 heavy (non-hydrogen) atoms. The Balaban J connectivity index is 2.23. The van der Waals surface area contributed by atoms with Crippen molar-refractivity contribution < 1.29 is 0 Å². The van der Waals surface area contributed by atoms with E-state index >= 15 is 0 Å². The van der Waals surface area contributed by atoms with Gasteiger partial charge in [-0.2, -0.15) is 5.26 Å². The van der Waals surface area contributed by atoms with Gasteiger partial charge in [0, 0.05) is 0 Å². The van der Waals surface area contributed by atoms with Gasteiger partial charge < -0.3 is 9.55 Å². The van der Waals surface area contributed by atoms with E-state index in [0.717, 1.165) is 11.0 Å². The average molecular weight is 279 g/mol. The van der Waals surface area contributed by atoms with Crippen LogP contribution in [0.3, 0.4) is 0 Å². The van der Waals surface area contributed by atoms with Crippen molar-refractivity contribution in [1.29, 1.82) is 5.26 Å². The third-order valence-electron chi connectivity index (χ3n) is 3.52. The van der Waals surface area contributed by atoms with Crippen molar-refractivity contribution in [2.75, 3.05) is 0 Å². The summed E-state index contributed by atoms with van der Waals surface area (Å²) in [4.78, 5) is 3.20. The van der Waals surface area contributed by atoms with E-state index in [1.807, 2.05) is 30.3 Å². The summed E-state index contributed by atoms with van der Waals surface area (Å²) in [6.07, 6.45) is 0. The SMILES string of the molecule is CC(c1ccccc1)n1c(=S)[nH]c2ccc(C#N)cc21. The first-order chi connectivity index (χ1) is 9.70. The lowest BCUT2D eigenvalue weighted by Gasteiger charge is -2.15. The van der Waals surface area contributed by atoms with Gasteiger partial charge in [-0.15, -0.1) is 0 Å². The highest BCUT2D eigenvalue weighted by Crippen LogP contribution is 2.24. The summed E-state index contributed by atoms with van der Waals surface area (Å²) >= 11 is 5.43. The van der Waals surface area contributed by atoms with Crippen molar-refractivity contribution in [2.45, 2.75) is 13.0 Å². The van der Waals surface area contributed by atoms with E-state index < -0.39 is 0 Å². The van der Waals surface area contributed by atoms with Gasteiger partial charge in [0.15, 0.2) is 4.77 Å². The number of aromatic nitrogens is 2. The molecule has 3 rings (SSSR count). The van der Waals surface area contributed by atoms with E-state index in [9.17, 15) is 0 Å². The number of nitrogens with one attached hydrogen (secondary N) is 1. The van der Waals surface area contributed by atoms with Gasteiger partial charge in [0.05, 0.1) is 28.7 Å². The van der Waals surface area contributed by atoms with Crippen molar-refractivity contribution in [3.63, 3.8) is 0 Å². The molecular formula is C16H13N3S. The molecule has 1 heterocycles. The second kappa shape index (κ2) is 4.95. The molecule has 0 radical (unpaired) electrons. The molecule has 4 heteroatoms. The molecule has 0 aliphatic heterocycles. The maximum Gasteiger partial charge on any atom is 0.178 e. The van der Waals surface area contributed by atoms with E-state index in [1.165, 1.54) is 5.56 Å². The zero-order valence-corrected chi connectivity index (χ0v) is 11.8. The highest BCUT2D eigenvalue weighted by molar-refractivity contribution is 7.71. The first-order valence-corrected chi connectivity index (χ1v) is 6.81. The number of H-pyrrole nitrogens is 1. The van der Waals surface area contributed by atoms with Crippen molar-refractivity contribution in [1.82, 2.24) is 9.55 Å². The molecule has 1 atom stereocenters. The number of hydrogen-bond acceptors (Lipinski definition) is 2. The highest BCUT2D eigenvalue weighted by Gasteiger charge is 2.13. The van der Waals surface area contributed by atoms with E-state index in [2.05, 4.69) is 34.7 Å². The summed E-state index contributed by atoms with van der Waals surface area (Å²) in [5, 5.41) is 9.05. The van der Waals surface area contributed by atoms with Crippen molar-refractivity contribution >= 4 is 23.3 Å². The van der Waals surface area contributed by atoms with Gasteiger partial charge in [-0.05, 0) is 42.9 Å². The molecular weight excluding hydrogens is 266 g/mol. The summed E-state index contributed by atoms with van der Waals surface area (Å²) in [6.45, 7) is 2.11. The maximum absolute atomic E-state index is 9.05. The quantitative estimate of drug-likeness (QED) is 0.715. The van der Waals surface area contributed by atoms with Crippen LogP contribution in [0.25, 0.3) is 11.0 Å². The smallest absolute Gasteiger partial charge is 0.178 e. The van der Waals surface area contributed by atoms with Crippen LogP contribution in [0.15, 0.2) is 48.5 Å². The minimum absolute atomic E-state index is 0.117. The fourth-order valence-electron chi connectivity index (χ4n) is 2.46. The molecule has 0 saturated heterocycles. The number of imidazole rings is 1. The monoisotopic (exact) mass is 279 g/mol. The lowest BCUT2D eigenvalue weighted by Crippen LogP contribution is -2.06. The Kier molecular flexibility index (Phi) is 3.13. The first kappa shape index (κ1) is 12.6. The Morgan fingerprint density at radius 1 is 1.20 bits per heavy atom. The molecule has 3 aromatic rings. The minimum atomic E-state index is 0.117. The van der Waals surface area contributed by atoms with Gasteiger partial charge in [-0.25, -0.2) is 0 Å². The van der Waals surface area contributed by atoms with Crippen molar-refractivity contribution in [3.8, 4) is 6.07 Å². The standard InChI is InChI=1S/C16H13N3S/c1-11(13-5-3-2-4-6-13)19-15-9-12(10-17)7-8-14(15)18-16(19)20/h2-9,11H,1H3,(H,18,20). The second-order valence-electron chi connectivity index (χ2n) is 4.73.